The van der Waals surface area contributed by atoms with Crippen LogP contribution in [0.15, 0.2) is 41.4 Å². The molecule has 0 fully saturated rings. The van der Waals surface area contributed by atoms with E-state index in [9.17, 15) is 4.79 Å². The summed E-state index contributed by atoms with van der Waals surface area (Å²) in [7, 11) is 0. The second kappa shape index (κ2) is 6.30. The van der Waals surface area contributed by atoms with Crippen LogP contribution in [0, 0.1) is 13.8 Å². The highest BCUT2D eigenvalue weighted by Gasteiger charge is 2.05. The smallest absolute Gasteiger partial charge is 0.221 e. The zero-order chi connectivity index (χ0) is 16.4. The molecule has 0 saturated heterocycles. The molecule has 0 unspecified atom stereocenters. The molecule has 2 aromatic carbocycles. The number of aromatic nitrogens is 1. The molecule has 23 heavy (non-hydrogen) atoms. The number of carbonyl (C=O) groups excluding carboxylic acids is 1. The number of fused-ring (bicyclic) bond motifs is 1. The molecule has 4 nitrogen and oxygen atoms in total. The van der Waals surface area contributed by atoms with Crippen molar-refractivity contribution in [3.8, 4) is 0 Å². The summed E-state index contributed by atoms with van der Waals surface area (Å²) in [5.41, 5.74) is 5.18. The fourth-order valence-corrected chi connectivity index (χ4v) is 3.39. The molecule has 0 spiro atoms. The van der Waals surface area contributed by atoms with Crippen LogP contribution in [0.3, 0.4) is 0 Å². The number of rotatable bonds is 3. The highest BCUT2D eigenvalue weighted by atomic mass is 32.1. The lowest BCUT2D eigenvalue weighted by atomic mass is 10.1. The quantitative estimate of drug-likeness (QED) is 0.715. The van der Waals surface area contributed by atoms with Crippen LogP contribution in [0.5, 0.6) is 0 Å². The second-order valence-corrected chi connectivity index (χ2v) is 6.50. The van der Waals surface area contributed by atoms with Gasteiger partial charge >= 0.3 is 0 Å². The molecule has 5 heteroatoms. The average Bonchev–Trinajstić information content (AvgIpc) is 2.89. The number of anilines is 1. The Morgan fingerprint density at radius 1 is 1.22 bits per heavy atom. The van der Waals surface area contributed by atoms with Crippen LogP contribution >= 0.6 is 11.3 Å². The Labute approximate surface area is 138 Å². The minimum atomic E-state index is -0.0773. The van der Waals surface area contributed by atoms with Crippen molar-refractivity contribution in [2.75, 3.05) is 5.32 Å². The van der Waals surface area contributed by atoms with E-state index in [2.05, 4.69) is 41.3 Å². The summed E-state index contributed by atoms with van der Waals surface area (Å²) in [5.74, 6) is -0.0773. The van der Waals surface area contributed by atoms with Gasteiger partial charge in [-0.05, 0) is 48.7 Å². The Morgan fingerprint density at radius 3 is 2.65 bits per heavy atom. The van der Waals surface area contributed by atoms with E-state index in [0.29, 0.717) is 0 Å². The van der Waals surface area contributed by atoms with E-state index >= 15 is 0 Å². The fourth-order valence-electron chi connectivity index (χ4n) is 2.40. The van der Waals surface area contributed by atoms with Gasteiger partial charge in [0.05, 0.1) is 10.2 Å². The predicted octanol–water partition coefficient (Wildman–Crippen LogP) is 4.62. The van der Waals surface area contributed by atoms with Crippen molar-refractivity contribution in [1.29, 1.82) is 0 Å². The number of nitrogens with one attached hydrogen (secondary N) is 1. The number of aliphatic imine (C=N–C) groups is 1. The van der Waals surface area contributed by atoms with Crippen molar-refractivity contribution in [1.82, 2.24) is 4.98 Å². The van der Waals surface area contributed by atoms with Crippen LogP contribution in [0.2, 0.25) is 0 Å². The maximum Gasteiger partial charge on any atom is 0.221 e. The normalized spacial score (nSPS) is 11.3. The van der Waals surface area contributed by atoms with Gasteiger partial charge in [0.1, 0.15) is 0 Å². The molecule has 116 valence electrons. The van der Waals surface area contributed by atoms with Crippen LogP contribution in [0.25, 0.3) is 10.2 Å². The van der Waals surface area contributed by atoms with E-state index in [0.717, 1.165) is 26.6 Å². The first kappa shape index (κ1) is 15.4. The SMILES string of the molecule is CC(=O)Nc1ccc(/C=N/c2nc3c(C)cc(C)cc3s2)cc1. The van der Waals surface area contributed by atoms with Crippen molar-refractivity contribution in [2.45, 2.75) is 20.8 Å². The van der Waals surface area contributed by atoms with Crippen molar-refractivity contribution in [3.63, 3.8) is 0 Å². The number of benzene rings is 2. The minimum Gasteiger partial charge on any atom is -0.326 e. The van der Waals surface area contributed by atoms with Crippen LogP contribution < -0.4 is 5.32 Å². The van der Waals surface area contributed by atoms with Gasteiger partial charge in [0, 0.05) is 18.8 Å². The fraction of sp³-hybridized carbons (Fsp3) is 0.167. The number of hydrogen-bond acceptors (Lipinski definition) is 4. The highest BCUT2D eigenvalue weighted by Crippen LogP contribution is 2.30. The molecule has 3 rings (SSSR count). The monoisotopic (exact) mass is 323 g/mol. The van der Waals surface area contributed by atoms with Gasteiger partial charge in [-0.3, -0.25) is 4.79 Å². The maximum atomic E-state index is 11.0. The maximum absolute atomic E-state index is 11.0. The van der Waals surface area contributed by atoms with E-state index in [-0.39, 0.29) is 5.91 Å². The van der Waals surface area contributed by atoms with E-state index in [1.165, 1.54) is 18.1 Å². The molecule has 1 aromatic heterocycles. The molecule has 0 radical (unpaired) electrons. The van der Waals surface area contributed by atoms with Crippen LogP contribution in [-0.4, -0.2) is 17.1 Å². The lowest BCUT2D eigenvalue weighted by molar-refractivity contribution is -0.114. The van der Waals surface area contributed by atoms with Crippen LogP contribution in [0.4, 0.5) is 10.8 Å². The lowest BCUT2D eigenvalue weighted by Gasteiger charge is -2.01. The molecule has 0 saturated carbocycles. The van der Waals surface area contributed by atoms with E-state index in [1.807, 2.05) is 24.3 Å². The predicted molar refractivity (Wildman–Crippen MR) is 97.1 cm³/mol. The second-order valence-electron chi connectivity index (χ2n) is 5.49. The van der Waals surface area contributed by atoms with Gasteiger partial charge in [-0.1, -0.05) is 29.5 Å². The third-order valence-corrected chi connectivity index (χ3v) is 4.28. The zero-order valence-corrected chi connectivity index (χ0v) is 14.1. The van der Waals surface area contributed by atoms with Gasteiger partial charge in [0.15, 0.2) is 0 Å². The molecule has 1 heterocycles. The molecule has 1 amide bonds. The molecule has 0 bridgehead atoms. The summed E-state index contributed by atoms with van der Waals surface area (Å²) in [5, 5.41) is 3.49. The number of thiazole rings is 1. The zero-order valence-electron chi connectivity index (χ0n) is 13.3. The van der Waals surface area contributed by atoms with Gasteiger partial charge in [-0.25, -0.2) is 9.98 Å². The molecular formula is C18H17N3OS. The number of hydrogen-bond donors (Lipinski definition) is 1. The molecule has 3 aromatic rings. The summed E-state index contributed by atoms with van der Waals surface area (Å²) in [6, 6.07) is 11.8. The third kappa shape index (κ3) is 3.63. The molecule has 0 aliphatic heterocycles. The van der Waals surface area contributed by atoms with Crippen molar-refractivity contribution in [2.24, 2.45) is 4.99 Å². The average molecular weight is 323 g/mol. The van der Waals surface area contributed by atoms with Crippen molar-refractivity contribution in [3.05, 3.63) is 53.1 Å². The van der Waals surface area contributed by atoms with E-state index in [1.54, 1.807) is 17.6 Å². The van der Waals surface area contributed by atoms with Gasteiger partial charge < -0.3 is 5.32 Å². The van der Waals surface area contributed by atoms with Crippen LogP contribution in [0.1, 0.15) is 23.6 Å². The Balaban J connectivity index is 1.82. The van der Waals surface area contributed by atoms with Gasteiger partial charge in [0.25, 0.3) is 0 Å². The van der Waals surface area contributed by atoms with Gasteiger partial charge in [0.2, 0.25) is 11.0 Å². The first-order chi connectivity index (χ1) is 11.0. The lowest BCUT2D eigenvalue weighted by Crippen LogP contribution is -2.05. The molecule has 0 atom stereocenters. The summed E-state index contributed by atoms with van der Waals surface area (Å²) < 4.78 is 1.16. The largest absolute Gasteiger partial charge is 0.326 e. The molecular weight excluding hydrogens is 306 g/mol. The van der Waals surface area contributed by atoms with Crippen LogP contribution in [-0.2, 0) is 4.79 Å². The molecule has 1 N–H and O–H groups in total. The first-order valence-electron chi connectivity index (χ1n) is 7.31. The summed E-state index contributed by atoms with van der Waals surface area (Å²) in [6.07, 6.45) is 1.79. The standard InChI is InChI=1S/C18H17N3OS/c1-11-8-12(2)17-16(9-11)23-18(21-17)19-10-14-4-6-15(7-5-14)20-13(3)22/h4-10H,1-3H3,(H,20,22)/b19-10+. The number of amides is 1. The molecule has 0 aliphatic rings. The Morgan fingerprint density at radius 2 is 1.96 bits per heavy atom. The Kier molecular flexibility index (Phi) is 4.21. The summed E-state index contributed by atoms with van der Waals surface area (Å²) in [4.78, 5) is 20.1. The highest BCUT2D eigenvalue weighted by molar-refractivity contribution is 7.22. The Hall–Kier alpha value is -2.53. The first-order valence-corrected chi connectivity index (χ1v) is 8.12. The third-order valence-electron chi connectivity index (χ3n) is 3.37. The van der Waals surface area contributed by atoms with Gasteiger partial charge in [-0.2, -0.15) is 0 Å². The Bertz CT molecular complexity index is 895. The number of carbonyl (C=O) groups is 1. The van der Waals surface area contributed by atoms with E-state index < -0.39 is 0 Å². The summed E-state index contributed by atoms with van der Waals surface area (Å²) >= 11 is 1.59. The van der Waals surface area contributed by atoms with Crippen molar-refractivity contribution >= 4 is 44.5 Å². The molecule has 0 aliphatic carbocycles. The summed E-state index contributed by atoms with van der Waals surface area (Å²) in [6.45, 7) is 5.65. The van der Waals surface area contributed by atoms with Gasteiger partial charge in [-0.15, -0.1) is 0 Å². The minimum absolute atomic E-state index is 0.0773. The number of nitrogens with zero attached hydrogens (tertiary/aromatic N) is 2. The van der Waals surface area contributed by atoms with Crippen molar-refractivity contribution < 1.29 is 4.79 Å². The topological polar surface area (TPSA) is 54.4 Å². The number of aryl methyl sites for hydroxylation is 2. The van der Waals surface area contributed by atoms with E-state index in [4.69, 9.17) is 0 Å².